The molecule has 2 nitrogen and oxygen atoms in total. The van der Waals surface area contributed by atoms with E-state index >= 15 is 0 Å². The van der Waals surface area contributed by atoms with Crippen LogP contribution >= 0.6 is 0 Å². The summed E-state index contributed by atoms with van der Waals surface area (Å²) in [5.74, 6) is 0. The number of hydrogen-bond donors (Lipinski definition) is 0. The number of ether oxygens (including phenoxy) is 1. The molecule has 0 aromatic rings. The molecule has 2 heteroatoms. The molecule has 0 radical (unpaired) electrons. The van der Waals surface area contributed by atoms with E-state index in [2.05, 4.69) is 13.5 Å². The van der Waals surface area contributed by atoms with Gasteiger partial charge in [-0.25, -0.2) is 0 Å². The molecule has 0 amide bonds. The number of carbonyl (C=O) groups excluding carboxylic acids is 1. The first-order chi connectivity index (χ1) is 6.35. The van der Waals surface area contributed by atoms with Gasteiger partial charge in [0.25, 0.3) is 0 Å². The summed E-state index contributed by atoms with van der Waals surface area (Å²) in [6.07, 6.45) is 7.49. The van der Waals surface area contributed by atoms with Crippen LogP contribution in [0, 0.1) is 0 Å². The molecule has 0 aliphatic rings. The van der Waals surface area contributed by atoms with E-state index in [9.17, 15) is 4.79 Å². The molecule has 0 aromatic heterocycles. The van der Waals surface area contributed by atoms with Crippen LogP contribution in [0.3, 0.4) is 0 Å². The Bertz CT molecular complexity index is 122. The Morgan fingerprint density at radius 3 is 2.69 bits per heavy atom. The third-order valence-electron chi connectivity index (χ3n) is 1.89. The second kappa shape index (κ2) is 9.46. The highest BCUT2D eigenvalue weighted by Gasteiger charge is 2.05. The molecule has 76 valence electrons. The van der Waals surface area contributed by atoms with Crippen LogP contribution in [-0.2, 0) is 9.53 Å². The van der Waals surface area contributed by atoms with E-state index < -0.39 is 0 Å². The molecule has 0 aliphatic carbocycles. The maximum atomic E-state index is 10.3. The maximum Gasteiger partial charge on any atom is 0.122 e. The normalized spacial score (nSPS) is 12.4. The summed E-state index contributed by atoms with van der Waals surface area (Å²) in [7, 11) is 0. The highest BCUT2D eigenvalue weighted by Crippen LogP contribution is 2.05. The van der Waals surface area contributed by atoms with Gasteiger partial charge in [-0.2, -0.15) is 0 Å². The van der Waals surface area contributed by atoms with Crippen LogP contribution in [0.5, 0.6) is 0 Å². The molecule has 0 spiro atoms. The van der Waals surface area contributed by atoms with Crippen LogP contribution < -0.4 is 0 Å². The predicted molar refractivity (Wildman–Crippen MR) is 54.8 cm³/mol. The number of carbonyl (C=O) groups is 1. The van der Waals surface area contributed by atoms with E-state index in [0.29, 0.717) is 6.42 Å². The molecule has 1 unspecified atom stereocenters. The second-order valence-corrected chi connectivity index (χ2v) is 3.13. The fraction of sp³-hybridized carbons (Fsp3) is 0.727. The Balaban J connectivity index is 3.43. The van der Waals surface area contributed by atoms with Crippen LogP contribution in [0.25, 0.3) is 0 Å². The molecule has 0 fully saturated rings. The predicted octanol–water partition coefficient (Wildman–Crippen LogP) is 2.73. The number of unbranched alkanes of at least 4 members (excludes halogenated alkanes) is 2. The molecule has 0 heterocycles. The zero-order valence-electron chi connectivity index (χ0n) is 8.50. The van der Waals surface area contributed by atoms with Crippen molar-refractivity contribution in [3.05, 3.63) is 12.7 Å². The molecular formula is C11H20O2. The van der Waals surface area contributed by atoms with Crippen molar-refractivity contribution in [2.24, 2.45) is 0 Å². The van der Waals surface area contributed by atoms with E-state index in [0.717, 1.165) is 25.7 Å². The van der Waals surface area contributed by atoms with Crippen LogP contribution in [0.1, 0.15) is 39.0 Å². The summed E-state index contributed by atoms with van der Waals surface area (Å²) < 4.78 is 5.52. The summed E-state index contributed by atoms with van der Waals surface area (Å²) in [4.78, 5) is 10.3. The van der Waals surface area contributed by atoms with Gasteiger partial charge in [-0.05, 0) is 12.8 Å². The van der Waals surface area contributed by atoms with Gasteiger partial charge in [-0.15, -0.1) is 6.58 Å². The summed E-state index contributed by atoms with van der Waals surface area (Å²) >= 11 is 0. The van der Waals surface area contributed by atoms with E-state index in [1.165, 1.54) is 12.8 Å². The smallest absolute Gasteiger partial charge is 0.122 e. The molecule has 0 bridgehead atoms. The van der Waals surface area contributed by atoms with E-state index in [1.807, 2.05) is 0 Å². The molecule has 0 saturated carbocycles. The minimum atomic E-state index is 0.0480. The van der Waals surface area contributed by atoms with E-state index in [1.54, 1.807) is 6.08 Å². The average Bonchev–Trinajstić information content (AvgIpc) is 2.13. The van der Waals surface area contributed by atoms with E-state index in [4.69, 9.17) is 4.74 Å². The van der Waals surface area contributed by atoms with Crippen LogP contribution in [0.15, 0.2) is 12.7 Å². The quantitative estimate of drug-likeness (QED) is 0.313. The zero-order chi connectivity index (χ0) is 9.94. The summed E-state index contributed by atoms with van der Waals surface area (Å²) in [5, 5.41) is 0. The van der Waals surface area contributed by atoms with Gasteiger partial charge in [0, 0.05) is 13.0 Å². The molecule has 1 atom stereocenters. The molecule has 0 aromatic carbocycles. The second-order valence-electron chi connectivity index (χ2n) is 3.13. The largest absolute Gasteiger partial charge is 0.377 e. The highest BCUT2D eigenvalue weighted by molar-refractivity contribution is 5.50. The van der Waals surface area contributed by atoms with Gasteiger partial charge in [0.15, 0.2) is 0 Å². The van der Waals surface area contributed by atoms with Gasteiger partial charge in [0.2, 0.25) is 0 Å². The lowest BCUT2D eigenvalue weighted by Gasteiger charge is -2.12. The van der Waals surface area contributed by atoms with Crippen LogP contribution in [-0.4, -0.2) is 19.0 Å². The Morgan fingerprint density at radius 2 is 2.15 bits per heavy atom. The lowest BCUT2D eigenvalue weighted by molar-refractivity contribution is -0.110. The third-order valence-corrected chi connectivity index (χ3v) is 1.89. The van der Waals surface area contributed by atoms with Crippen molar-refractivity contribution >= 4 is 6.29 Å². The number of rotatable bonds is 9. The lowest BCUT2D eigenvalue weighted by Crippen LogP contribution is -2.13. The minimum Gasteiger partial charge on any atom is -0.377 e. The Hall–Kier alpha value is -0.630. The van der Waals surface area contributed by atoms with Gasteiger partial charge in [0.1, 0.15) is 6.29 Å². The average molecular weight is 184 g/mol. The lowest BCUT2D eigenvalue weighted by atomic mass is 10.2. The van der Waals surface area contributed by atoms with Gasteiger partial charge in [-0.3, -0.25) is 0 Å². The van der Waals surface area contributed by atoms with E-state index in [-0.39, 0.29) is 6.10 Å². The molecule has 0 rings (SSSR count). The standard InChI is InChI=1S/C11H20O2/c1-3-5-6-10-13-11(7-4-2)8-9-12/h4,9,11H,2-3,5-8,10H2,1H3. The number of aldehydes is 1. The summed E-state index contributed by atoms with van der Waals surface area (Å²) in [6, 6.07) is 0. The third kappa shape index (κ3) is 7.72. The first-order valence-corrected chi connectivity index (χ1v) is 5.01. The Kier molecular flexibility index (Phi) is 9.00. The maximum absolute atomic E-state index is 10.3. The Labute approximate surface area is 81.0 Å². The van der Waals surface area contributed by atoms with Gasteiger partial charge < -0.3 is 9.53 Å². The van der Waals surface area contributed by atoms with Crippen molar-refractivity contribution in [2.45, 2.75) is 45.1 Å². The van der Waals surface area contributed by atoms with Crippen molar-refractivity contribution in [3.63, 3.8) is 0 Å². The monoisotopic (exact) mass is 184 g/mol. The summed E-state index contributed by atoms with van der Waals surface area (Å²) in [5.41, 5.74) is 0. The molecule has 13 heavy (non-hydrogen) atoms. The zero-order valence-corrected chi connectivity index (χ0v) is 8.50. The SMILES string of the molecule is C=CCC(CC=O)OCCCCC. The molecular weight excluding hydrogens is 164 g/mol. The molecule has 0 N–H and O–H groups in total. The minimum absolute atomic E-state index is 0.0480. The van der Waals surface area contributed by atoms with Crippen molar-refractivity contribution in [1.82, 2.24) is 0 Å². The van der Waals surface area contributed by atoms with Crippen molar-refractivity contribution in [2.75, 3.05) is 6.61 Å². The molecule has 0 saturated heterocycles. The fourth-order valence-electron chi connectivity index (χ4n) is 1.13. The van der Waals surface area contributed by atoms with Gasteiger partial charge in [-0.1, -0.05) is 25.8 Å². The highest BCUT2D eigenvalue weighted by atomic mass is 16.5. The first-order valence-electron chi connectivity index (χ1n) is 5.01. The molecule has 0 aliphatic heterocycles. The van der Waals surface area contributed by atoms with Crippen molar-refractivity contribution in [3.8, 4) is 0 Å². The topological polar surface area (TPSA) is 26.3 Å². The fourth-order valence-corrected chi connectivity index (χ4v) is 1.13. The first kappa shape index (κ1) is 12.4. The van der Waals surface area contributed by atoms with Crippen LogP contribution in [0.2, 0.25) is 0 Å². The van der Waals surface area contributed by atoms with Gasteiger partial charge in [0.05, 0.1) is 6.10 Å². The van der Waals surface area contributed by atoms with Gasteiger partial charge >= 0.3 is 0 Å². The van der Waals surface area contributed by atoms with Crippen molar-refractivity contribution in [1.29, 1.82) is 0 Å². The number of hydrogen-bond acceptors (Lipinski definition) is 2. The Morgan fingerprint density at radius 1 is 1.38 bits per heavy atom. The van der Waals surface area contributed by atoms with Crippen LogP contribution in [0.4, 0.5) is 0 Å². The van der Waals surface area contributed by atoms with Crippen molar-refractivity contribution < 1.29 is 9.53 Å². The summed E-state index contributed by atoms with van der Waals surface area (Å²) in [6.45, 7) is 6.55.